The molecule has 0 saturated heterocycles. The molecule has 0 aliphatic rings. The SMILES string of the molecule is CCOc1cccc(/C=C(\C#N)C(=O)Nc2nccs2)c1OC(F)F. The molecule has 0 atom stereocenters. The largest absolute Gasteiger partial charge is 0.490 e. The van der Waals surface area contributed by atoms with Crippen LogP contribution in [0, 0.1) is 11.3 Å². The summed E-state index contributed by atoms with van der Waals surface area (Å²) in [5.74, 6) is -0.856. The summed E-state index contributed by atoms with van der Waals surface area (Å²) in [5, 5.41) is 13.6. The highest BCUT2D eigenvalue weighted by atomic mass is 32.1. The predicted octanol–water partition coefficient (Wildman–Crippen LogP) is 3.69. The number of aromatic nitrogens is 1. The number of para-hydroxylation sites is 1. The van der Waals surface area contributed by atoms with Crippen LogP contribution in [0.2, 0.25) is 0 Å². The first-order valence-corrected chi connectivity index (χ1v) is 7.96. The molecule has 130 valence electrons. The third kappa shape index (κ3) is 4.99. The molecule has 0 aliphatic carbocycles. The van der Waals surface area contributed by atoms with Crippen LogP contribution in [-0.2, 0) is 4.79 Å². The Morgan fingerprint density at radius 1 is 1.52 bits per heavy atom. The molecule has 6 nitrogen and oxygen atoms in total. The van der Waals surface area contributed by atoms with E-state index in [0.717, 1.165) is 6.08 Å². The molecule has 1 aromatic carbocycles. The number of hydrogen-bond donors (Lipinski definition) is 1. The van der Waals surface area contributed by atoms with Crippen molar-refractivity contribution in [2.75, 3.05) is 11.9 Å². The van der Waals surface area contributed by atoms with E-state index >= 15 is 0 Å². The van der Waals surface area contributed by atoms with Gasteiger partial charge < -0.3 is 9.47 Å². The Morgan fingerprint density at radius 2 is 2.32 bits per heavy atom. The van der Waals surface area contributed by atoms with Crippen molar-refractivity contribution >= 4 is 28.5 Å². The van der Waals surface area contributed by atoms with Gasteiger partial charge in [-0.3, -0.25) is 10.1 Å². The summed E-state index contributed by atoms with van der Waals surface area (Å²) in [6.07, 6.45) is 2.65. The number of nitrogens with one attached hydrogen (secondary N) is 1. The lowest BCUT2D eigenvalue weighted by atomic mass is 10.1. The maximum Gasteiger partial charge on any atom is 0.387 e. The lowest BCUT2D eigenvalue weighted by Gasteiger charge is -2.13. The second-order valence-corrected chi connectivity index (χ2v) is 5.34. The maximum atomic E-state index is 12.7. The van der Waals surface area contributed by atoms with Crippen LogP contribution in [0.25, 0.3) is 6.08 Å². The zero-order valence-electron chi connectivity index (χ0n) is 13.0. The number of nitriles is 1. The fraction of sp³-hybridized carbons (Fsp3) is 0.188. The maximum absolute atomic E-state index is 12.7. The number of nitrogens with zero attached hydrogens (tertiary/aromatic N) is 2. The summed E-state index contributed by atoms with van der Waals surface area (Å²) in [4.78, 5) is 16.0. The van der Waals surface area contributed by atoms with Gasteiger partial charge in [0.05, 0.1) is 6.61 Å². The Hall–Kier alpha value is -2.99. The van der Waals surface area contributed by atoms with Gasteiger partial charge in [0.2, 0.25) is 0 Å². The van der Waals surface area contributed by atoms with E-state index in [1.165, 1.54) is 29.7 Å². The third-order valence-electron chi connectivity index (χ3n) is 2.83. The van der Waals surface area contributed by atoms with Crippen molar-refractivity contribution in [1.82, 2.24) is 4.98 Å². The quantitative estimate of drug-likeness (QED) is 0.598. The predicted molar refractivity (Wildman–Crippen MR) is 88.6 cm³/mol. The fourth-order valence-corrected chi connectivity index (χ4v) is 2.41. The zero-order chi connectivity index (χ0) is 18.2. The number of carbonyl (C=O) groups is 1. The smallest absolute Gasteiger partial charge is 0.387 e. The van der Waals surface area contributed by atoms with Gasteiger partial charge in [-0.25, -0.2) is 4.98 Å². The van der Waals surface area contributed by atoms with Gasteiger partial charge in [-0.1, -0.05) is 12.1 Å². The van der Waals surface area contributed by atoms with Crippen molar-refractivity contribution in [2.45, 2.75) is 13.5 Å². The van der Waals surface area contributed by atoms with Gasteiger partial charge in [-0.2, -0.15) is 14.0 Å². The molecular weight excluding hydrogens is 352 g/mol. The molecule has 0 unspecified atom stereocenters. The summed E-state index contributed by atoms with van der Waals surface area (Å²) < 4.78 is 35.2. The number of halogens is 2. The van der Waals surface area contributed by atoms with Crippen molar-refractivity contribution in [1.29, 1.82) is 5.26 Å². The van der Waals surface area contributed by atoms with E-state index in [-0.39, 0.29) is 29.2 Å². The van der Waals surface area contributed by atoms with Crippen LogP contribution < -0.4 is 14.8 Å². The van der Waals surface area contributed by atoms with Crippen molar-refractivity contribution < 1.29 is 23.0 Å². The molecule has 1 aromatic heterocycles. The zero-order valence-corrected chi connectivity index (χ0v) is 13.8. The summed E-state index contributed by atoms with van der Waals surface area (Å²) in [7, 11) is 0. The lowest BCUT2D eigenvalue weighted by Crippen LogP contribution is -2.13. The Morgan fingerprint density at radius 3 is 2.92 bits per heavy atom. The molecule has 0 bridgehead atoms. The van der Waals surface area contributed by atoms with Crippen LogP contribution in [0.4, 0.5) is 13.9 Å². The number of hydrogen-bond acceptors (Lipinski definition) is 6. The minimum atomic E-state index is -3.08. The lowest BCUT2D eigenvalue weighted by molar-refractivity contribution is -0.112. The van der Waals surface area contributed by atoms with E-state index < -0.39 is 12.5 Å². The van der Waals surface area contributed by atoms with Crippen LogP contribution in [-0.4, -0.2) is 24.1 Å². The molecule has 0 fully saturated rings. The second kappa shape index (κ2) is 8.75. The average Bonchev–Trinajstić information content (AvgIpc) is 3.07. The van der Waals surface area contributed by atoms with E-state index in [1.54, 1.807) is 24.4 Å². The molecular formula is C16H13F2N3O3S. The number of amides is 1. The van der Waals surface area contributed by atoms with E-state index in [4.69, 9.17) is 4.74 Å². The Labute approximate surface area is 146 Å². The van der Waals surface area contributed by atoms with Crippen molar-refractivity contribution in [2.24, 2.45) is 0 Å². The van der Waals surface area contributed by atoms with Gasteiger partial charge in [0.1, 0.15) is 11.6 Å². The summed E-state index contributed by atoms with van der Waals surface area (Å²) in [6.45, 7) is -1.15. The highest BCUT2D eigenvalue weighted by molar-refractivity contribution is 7.13. The molecule has 25 heavy (non-hydrogen) atoms. The first-order valence-electron chi connectivity index (χ1n) is 7.08. The van der Waals surface area contributed by atoms with E-state index in [2.05, 4.69) is 15.0 Å². The van der Waals surface area contributed by atoms with Crippen molar-refractivity contribution in [3.8, 4) is 17.6 Å². The Bertz CT molecular complexity index is 801. The van der Waals surface area contributed by atoms with Gasteiger partial charge in [-0.15, -0.1) is 11.3 Å². The highest BCUT2D eigenvalue weighted by Gasteiger charge is 2.17. The molecule has 0 aliphatic heterocycles. The van der Waals surface area contributed by atoms with Gasteiger partial charge in [0.25, 0.3) is 5.91 Å². The minimum absolute atomic E-state index is 0.0918. The number of alkyl halides is 2. The average molecular weight is 365 g/mol. The Balaban J connectivity index is 2.37. The molecule has 1 heterocycles. The third-order valence-corrected chi connectivity index (χ3v) is 3.52. The van der Waals surface area contributed by atoms with E-state index in [9.17, 15) is 18.8 Å². The van der Waals surface area contributed by atoms with E-state index in [0.29, 0.717) is 5.13 Å². The number of benzene rings is 1. The number of ether oxygens (including phenoxy) is 2. The standard InChI is InChI=1S/C16H13F2N3O3S/c1-2-23-12-5-3-4-10(13(12)24-15(17)18)8-11(9-19)14(22)21-16-20-6-7-25-16/h3-8,15H,2H2,1H3,(H,20,21,22)/b11-8+. The number of carbonyl (C=O) groups excluding carboxylic acids is 1. The van der Waals surface area contributed by atoms with Crippen LogP contribution in [0.15, 0.2) is 35.3 Å². The highest BCUT2D eigenvalue weighted by Crippen LogP contribution is 2.34. The Kier molecular flexibility index (Phi) is 6.42. The molecule has 0 spiro atoms. The van der Waals surface area contributed by atoms with Crippen LogP contribution in [0.1, 0.15) is 12.5 Å². The van der Waals surface area contributed by atoms with Crippen LogP contribution in [0.5, 0.6) is 11.5 Å². The number of rotatable bonds is 7. The van der Waals surface area contributed by atoms with Gasteiger partial charge >= 0.3 is 6.61 Å². The molecule has 2 aromatic rings. The second-order valence-electron chi connectivity index (χ2n) is 4.45. The number of anilines is 1. The summed E-state index contributed by atoms with van der Waals surface area (Å²) in [6, 6.07) is 6.18. The van der Waals surface area contributed by atoms with Crippen LogP contribution in [0.3, 0.4) is 0 Å². The van der Waals surface area contributed by atoms with Crippen molar-refractivity contribution in [3.63, 3.8) is 0 Å². The number of thiazole rings is 1. The molecule has 0 saturated carbocycles. The summed E-state index contributed by atoms with van der Waals surface area (Å²) in [5.41, 5.74) is -0.167. The molecule has 1 amide bonds. The normalized spacial score (nSPS) is 11.1. The molecule has 2 rings (SSSR count). The minimum Gasteiger partial charge on any atom is -0.490 e. The van der Waals surface area contributed by atoms with E-state index in [1.807, 2.05) is 0 Å². The first-order chi connectivity index (χ1) is 12.0. The fourth-order valence-electron chi connectivity index (χ4n) is 1.88. The van der Waals surface area contributed by atoms with Gasteiger partial charge in [0, 0.05) is 17.1 Å². The van der Waals surface area contributed by atoms with Crippen LogP contribution >= 0.6 is 11.3 Å². The first kappa shape index (κ1) is 18.4. The molecule has 0 radical (unpaired) electrons. The molecule has 1 N–H and O–H groups in total. The summed E-state index contributed by atoms with van der Waals surface area (Å²) >= 11 is 1.18. The monoisotopic (exact) mass is 365 g/mol. The van der Waals surface area contributed by atoms with Gasteiger partial charge in [0.15, 0.2) is 16.6 Å². The molecule has 9 heteroatoms. The topological polar surface area (TPSA) is 84.2 Å². The van der Waals surface area contributed by atoms with Crippen molar-refractivity contribution in [3.05, 3.63) is 40.9 Å². The van der Waals surface area contributed by atoms with Gasteiger partial charge in [-0.05, 0) is 19.1 Å².